The lowest BCUT2D eigenvalue weighted by Crippen LogP contribution is -2.54. The number of nitrogens with zero attached hydrogens (tertiary/aromatic N) is 2. The molecule has 2 heterocycles. The number of hydrogen-bond acceptors (Lipinski definition) is 3. The second kappa shape index (κ2) is 11.0. The van der Waals surface area contributed by atoms with Gasteiger partial charge in [-0.1, -0.05) is 71.7 Å². The predicted octanol–water partition coefficient (Wildman–Crippen LogP) is 6.74. The summed E-state index contributed by atoms with van der Waals surface area (Å²) in [5, 5.41) is 3.53. The van der Waals surface area contributed by atoms with Crippen LogP contribution in [0.3, 0.4) is 0 Å². The Hall–Kier alpha value is -2.86. The fraction of sp³-hybridized carbons (Fsp3) is 0.310. The molecule has 0 radical (unpaired) electrons. The lowest BCUT2D eigenvalue weighted by molar-refractivity contribution is -0.126. The van der Waals surface area contributed by atoms with Crippen molar-refractivity contribution in [2.75, 3.05) is 25.5 Å². The third-order valence-electron chi connectivity index (χ3n) is 6.77. The first-order valence-electron chi connectivity index (χ1n) is 12.2. The zero-order valence-electron chi connectivity index (χ0n) is 20.9. The van der Waals surface area contributed by atoms with Gasteiger partial charge in [-0.05, 0) is 80.7 Å². The predicted molar refractivity (Wildman–Crippen MR) is 148 cm³/mol. The monoisotopic (exact) mass is 523 g/mol. The molecule has 36 heavy (non-hydrogen) atoms. The zero-order valence-corrected chi connectivity index (χ0v) is 22.4. The van der Waals surface area contributed by atoms with Gasteiger partial charge in [-0.3, -0.25) is 4.79 Å². The van der Waals surface area contributed by atoms with Gasteiger partial charge in [0.25, 0.3) is 5.91 Å². The van der Waals surface area contributed by atoms with Gasteiger partial charge in [-0.2, -0.15) is 0 Å². The lowest BCUT2D eigenvalue weighted by atomic mass is 9.81. The maximum Gasteiger partial charge on any atom is 0.332 e. The van der Waals surface area contributed by atoms with E-state index in [4.69, 9.17) is 23.2 Å². The number of piperidine rings is 1. The number of hydrogen-bond donors (Lipinski definition) is 1. The fourth-order valence-electron chi connectivity index (χ4n) is 5.15. The fourth-order valence-corrected chi connectivity index (χ4v) is 5.66. The van der Waals surface area contributed by atoms with Crippen LogP contribution in [-0.4, -0.2) is 43.0 Å². The summed E-state index contributed by atoms with van der Waals surface area (Å²) in [7, 11) is 3.75. The molecule has 2 fully saturated rings. The van der Waals surface area contributed by atoms with E-state index in [1.165, 1.54) is 16.0 Å². The van der Waals surface area contributed by atoms with E-state index in [1.54, 1.807) is 23.1 Å². The highest BCUT2D eigenvalue weighted by Crippen LogP contribution is 2.42. The van der Waals surface area contributed by atoms with Crippen LogP contribution in [0.5, 0.6) is 0 Å². The Kier molecular flexibility index (Phi) is 8.04. The summed E-state index contributed by atoms with van der Waals surface area (Å²) in [6.07, 6.45) is 2.91. The topological polar surface area (TPSA) is 52.7 Å². The van der Waals surface area contributed by atoms with Gasteiger partial charge in [-0.15, -0.1) is 0 Å². The highest BCUT2D eigenvalue weighted by molar-refractivity contribution is 6.35. The summed E-state index contributed by atoms with van der Waals surface area (Å²) in [6, 6.07) is 21.1. The number of fused-ring (bicyclic) bond motifs is 1. The van der Waals surface area contributed by atoms with Gasteiger partial charge >= 0.3 is 6.03 Å². The van der Waals surface area contributed by atoms with E-state index in [-0.39, 0.29) is 11.9 Å². The van der Waals surface area contributed by atoms with Gasteiger partial charge in [0.05, 0.1) is 5.69 Å². The molecule has 7 heteroatoms. The summed E-state index contributed by atoms with van der Waals surface area (Å²) in [5.41, 5.74) is 4.12. The van der Waals surface area contributed by atoms with Crippen LogP contribution in [-0.2, 0) is 11.2 Å². The quantitative estimate of drug-likeness (QED) is 0.385. The molecule has 2 aliphatic rings. The van der Waals surface area contributed by atoms with Crippen LogP contribution in [0, 0.1) is 6.92 Å². The average Bonchev–Trinajstić information content (AvgIpc) is 3.06. The van der Waals surface area contributed by atoms with Crippen LogP contribution in [0.4, 0.5) is 10.5 Å². The largest absolute Gasteiger partial charge is 0.332 e. The van der Waals surface area contributed by atoms with Crippen molar-refractivity contribution in [3.05, 3.63) is 87.9 Å². The molecule has 3 aromatic carbocycles. The molecule has 3 aromatic rings. The van der Waals surface area contributed by atoms with Crippen LogP contribution < -0.4 is 10.2 Å². The molecule has 5 nitrogen and oxygen atoms in total. The van der Waals surface area contributed by atoms with Crippen molar-refractivity contribution in [2.24, 2.45) is 0 Å². The molecule has 0 saturated carbocycles. The molecule has 0 spiro atoms. The van der Waals surface area contributed by atoms with E-state index in [1.807, 2.05) is 26.2 Å². The summed E-state index contributed by atoms with van der Waals surface area (Å²) in [5.74, 6) is -0.200. The van der Waals surface area contributed by atoms with Gasteiger partial charge in [0.2, 0.25) is 0 Å². The molecule has 2 saturated heterocycles. The molecular formula is C29H31Cl2N3O2. The number of nitrogens with one attached hydrogen (secondary N) is 1. The number of urea groups is 1. The minimum atomic E-state index is -0.881. The van der Waals surface area contributed by atoms with Gasteiger partial charge in [-0.25, -0.2) is 9.69 Å². The van der Waals surface area contributed by atoms with Gasteiger partial charge < -0.3 is 10.2 Å². The van der Waals surface area contributed by atoms with Crippen LogP contribution >= 0.6 is 23.2 Å². The molecule has 188 valence electrons. The molecule has 5 rings (SSSR count). The minimum absolute atomic E-state index is 0.200. The molecule has 0 aliphatic carbocycles. The molecule has 1 atom stereocenters. The lowest BCUT2D eigenvalue weighted by Gasteiger charge is -2.39. The molecule has 1 unspecified atom stereocenters. The Morgan fingerprint density at radius 1 is 0.917 bits per heavy atom. The van der Waals surface area contributed by atoms with Crippen molar-refractivity contribution in [1.82, 2.24) is 10.2 Å². The Morgan fingerprint density at radius 3 is 2.19 bits per heavy atom. The van der Waals surface area contributed by atoms with Crippen LogP contribution in [0.25, 0.3) is 11.1 Å². The Bertz CT molecular complexity index is 1240. The van der Waals surface area contributed by atoms with E-state index in [0.717, 1.165) is 24.0 Å². The zero-order chi connectivity index (χ0) is 25.9. The highest BCUT2D eigenvalue weighted by Gasteiger charge is 2.58. The highest BCUT2D eigenvalue weighted by atomic mass is 35.5. The van der Waals surface area contributed by atoms with Gasteiger partial charge in [0.1, 0.15) is 5.54 Å². The van der Waals surface area contributed by atoms with Crippen molar-refractivity contribution in [2.45, 2.75) is 38.1 Å². The van der Waals surface area contributed by atoms with E-state index in [0.29, 0.717) is 35.1 Å². The van der Waals surface area contributed by atoms with Crippen molar-refractivity contribution < 1.29 is 9.59 Å². The summed E-state index contributed by atoms with van der Waals surface area (Å²) < 4.78 is 0. The molecule has 0 aromatic heterocycles. The number of rotatable bonds is 4. The second-order valence-corrected chi connectivity index (χ2v) is 10.3. The summed E-state index contributed by atoms with van der Waals surface area (Å²) >= 11 is 12.3. The third kappa shape index (κ3) is 5.01. The molecule has 1 N–H and O–H groups in total. The Labute approximate surface area is 223 Å². The molecule has 3 amide bonds. The SMILES string of the molecule is CNC.Cc1ccccc1-c1ccc(CC23CCCCN2C(=O)N(c2cc(Cl)cc(Cl)c2)C3=O)cc1. The Balaban J connectivity index is 0.000000967. The van der Waals surface area contributed by atoms with E-state index in [9.17, 15) is 9.59 Å². The molecule has 0 bridgehead atoms. The Morgan fingerprint density at radius 2 is 1.56 bits per heavy atom. The standard InChI is InChI=1S/C27H24Cl2N2O2.C2H7N/c1-18-6-2-3-7-24(18)20-10-8-19(9-11-20)17-27-12-4-5-13-30(27)26(33)31(25(27)32)23-15-21(28)14-22(29)16-23;1-3-2/h2-3,6-11,14-16H,4-5,12-13,17H2,1H3;3H,1-2H3. The summed E-state index contributed by atoms with van der Waals surface area (Å²) in [6.45, 7) is 2.66. The first-order chi connectivity index (χ1) is 17.3. The van der Waals surface area contributed by atoms with Crippen molar-refractivity contribution >= 4 is 40.8 Å². The van der Waals surface area contributed by atoms with E-state index in [2.05, 4.69) is 48.6 Å². The number of halogens is 2. The number of amides is 3. The van der Waals surface area contributed by atoms with Crippen molar-refractivity contribution in [3.8, 4) is 11.1 Å². The smallest absolute Gasteiger partial charge is 0.323 e. The maximum atomic E-state index is 13.8. The van der Waals surface area contributed by atoms with Crippen molar-refractivity contribution in [3.63, 3.8) is 0 Å². The number of benzene rings is 3. The van der Waals surface area contributed by atoms with Crippen LogP contribution in [0.15, 0.2) is 66.7 Å². The molecule has 2 aliphatic heterocycles. The number of carbonyl (C=O) groups excluding carboxylic acids is 2. The maximum absolute atomic E-state index is 13.8. The first kappa shape index (κ1) is 26.2. The normalized spacial score (nSPS) is 19.1. The van der Waals surface area contributed by atoms with Gasteiger partial charge in [0, 0.05) is 23.0 Å². The minimum Gasteiger partial charge on any atom is -0.323 e. The number of imide groups is 1. The summed E-state index contributed by atoms with van der Waals surface area (Å²) in [4.78, 5) is 30.2. The number of aryl methyl sites for hydroxylation is 1. The van der Waals surface area contributed by atoms with Gasteiger partial charge in [0.15, 0.2) is 0 Å². The average molecular weight is 524 g/mol. The van der Waals surface area contributed by atoms with Crippen LogP contribution in [0.1, 0.15) is 30.4 Å². The number of carbonyl (C=O) groups is 2. The van der Waals surface area contributed by atoms with Crippen LogP contribution in [0.2, 0.25) is 10.0 Å². The molecular weight excluding hydrogens is 493 g/mol. The van der Waals surface area contributed by atoms with Crippen molar-refractivity contribution in [1.29, 1.82) is 0 Å². The second-order valence-electron chi connectivity index (χ2n) is 9.38. The third-order valence-corrected chi connectivity index (χ3v) is 7.21. The van der Waals surface area contributed by atoms with E-state index < -0.39 is 5.54 Å². The first-order valence-corrected chi connectivity index (χ1v) is 12.9. The number of anilines is 1. The van der Waals surface area contributed by atoms with E-state index >= 15 is 0 Å².